The molecule has 1 fully saturated rings. The second-order valence-electron chi connectivity index (χ2n) is 5.45. The Morgan fingerprint density at radius 3 is 1.15 bits per heavy atom. The van der Waals surface area contributed by atoms with Crippen LogP contribution in [-0.4, -0.2) is 38.3 Å². The molecule has 0 spiro atoms. The Hall–Kier alpha value is 0.619. The summed E-state index contributed by atoms with van der Waals surface area (Å²) in [6, 6.07) is 1.27. The number of hydrogen-bond acceptors (Lipinski definition) is 12. The fourth-order valence-electron chi connectivity index (χ4n) is 2.40. The van der Waals surface area contributed by atoms with E-state index < -0.39 is 20.5 Å². The molecule has 1 rings (SSSR count). The maximum absolute atomic E-state index is 8.49. The quantitative estimate of drug-likeness (QED) is 0.182. The minimum Gasteiger partial charge on any atom is -0.330 e. The summed E-state index contributed by atoms with van der Waals surface area (Å²) in [5, 5.41) is 7.25. The Morgan fingerprint density at radius 2 is 0.926 bits per heavy atom. The number of nitrogens with one attached hydrogen (secondary N) is 2. The van der Waals surface area contributed by atoms with E-state index in [1.165, 1.54) is 25.7 Å². The van der Waals surface area contributed by atoms with Crippen molar-refractivity contribution in [2.75, 3.05) is 26.2 Å². The van der Waals surface area contributed by atoms with Crippen molar-refractivity contribution in [1.82, 2.24) is 10.6 Å². The van der Waals surface area contributed by atoms with Gasteiger partial charge in [-0.1, -0.05) is 12.8 Å². The summed E-state index contributed by atoms with van der Waals surface area (Å²) in [5.74, 6) is 0. The van der Waals surface area contributed by atoms with Gasteiger partial charge in [0.2, 0.25) is 0 Å². The molecular weight excluding hydrogens is 463 g/mol. The molecule has 0 amide bonds. The van der Waals surface area contributed by atoms with Crippen LogP contribution >= 0.6 is 0 Å². The van der Waals surface area contributed by atoms with E-state index in [1.54, 1.807) is 0 Å². The number of nitrogens with two attached hydrogens (primary N) is 2. The van der Waals surface area contributed by atoms with Crippen LogP contribution in [0.2, 0.25) is 0 Å². The molecule has 0 aromatic rings. The van der Waals surface area contributed by atoms with Gasteiger partial charge in [0.25, 0.3) is 0 Å². The number of rotatable bonds is 8. The van der Waals surface area contributed by atoms with E-state index >= 15 is 0 Å². The van der Waals surface area contributed by atoms with Crippen LogP contribution in [0, 0.1) is 20.5 Å². The summed E-state index contributed by atoms with van der Waals surface area (Å²) in [6.07, 6.45) is 7.46. The van der Waals surface area contributed by atoms with Crippen LogP contribution in [0.4, 0.5) is 0 Å². The minimum absolute atomic E-state index is 0. The Labute approximate surface area is 173 Å². The first kappa shape index (κ1) is 32.3. The SMILES string of the molecule is NCCCN[C@@H]1CCCC[C@H]1NCCCN.[Cu+2].[O-][Cl+3]([O-])([O-])[O-].[O-][Cl+3]([O-])([O-])[O-]. The maximum atomic E-state index is 8.49. The molecule has 12 nitrogen and oxygen atoms in total. The van der Waals surface area contributed by atoms with Crippen molar-refractivity contribution in [3.63, 3.8) is 0 Å². The van der Waals surface area contributed by atoms with Gasteiger partial charge in [-0.05, 0) is 51.9 Å². The van der Waals surface area contributed by atoms with Gasteiger partial charge in [-0.2, -0.15) is 0 Å². The average Bonchev–Trinajstić information content (AvgIpc) is 2.46. The van der Waals surface area contributed by atoms with Crippen molar-refractivity contribution >= 4 is 0 Å². The van der Waals surface area contributed by atoms with Crippen molar-refractivity contribution in [1.29, 1.82) is 0 Å². The molecular formula is C12H28Cl2CuN4O8. The zero-order valence-corrected chi connectivity index (χ0v) is 17.2. The third-order valence-corrected chi connectivity index (χ3v) is 3.34. The molecule has 1 radical (unpaired) electrons. The number of hydrogen-bond donors (Lipinski definition) is 4. The monoisotopic (exact) mass is 489 g/mol. The largest absolute Gasteiger partial charge is 2.00 e. The normalized spacial score (nSPS) is 19.8. The van der Waals surface area contributed by atoms with E-state index in [2.05, 4.69) is 10.6 Å². The standard InChI is InChI=1S/C12H28N4.2ClHO4.Cu/c13-7-3-9-15-11-5-1-2-6-12(11)16-10-4-8-14;2*2-1(3,4)5;/h11-12,15-16H,1-10,13-14H2;2*(H,2,3,4,5);/q;;;+2/p-2/t11-,12-;;;/m1.../s1. The van der Waals surface area contributed by atoms with Gasteiger partial charge in [0.05, 0.1) is 0 Å². The summed E-state index contributed by atoms with van der Waals surface area (Å²) in [7, 11) is -9.89. The first-order valence-electron chi connectivity index (χ1n) is 7.99. The first-order valence-corrected chi connectivity index (χ1v) is 10.5. The van der Waals surface area contributed by atoms with Gasteiger partial charge in [0, 0.05) is 12.1 Å². The van der Waals surface area contributed by atoms with Crippen LogP contribution in [0.5, 0.6) is 0 Å². The van der Waals surface area contributed by atoms with Crippen molar-refractivity contribution in [2.45, 2.75) is 50.6 Å². The third kappa shape index (κ3) is 34.5. The smallest absolute Gasteiger partial charge is 0.330 e. The Kier molecular flexibility index (Phi) is 22.3. The Morgan fingerprint density at radius 1 is 0.667 bits per heavy atom. The molecule has 1 saturated carbocycles. The Balaban J connectivity index is -0.000000436. The van der Waals surface area contributed by atoms with E-state index in [-0.39, 0.29) is 17.1 Å². The van der Waals surface area contributed by atoms with Gasteiger partial charge >= 0.3 is 17.1 Å². The molecule has 27 heavy (non-hydrogen) atoms. The molecule has 15 heteroatoms. The molecule has 6 N–H and O–H groups in total. The Bertz CT molecular complexity index is 285. The van der Waals surface area contributed by atoms with Gasteiger partial charge < -0.3 is 22.1 Å². The summed E-state index contributed by atoms with van der Waals surface area (Å²) >= 11 is 0. The topological polar surface area (TPSA) is 261 Å². The zero-order chi connectivity index (χ0) is 20.6. The summed E-state index contributed by atoms with van der Waals surface area (Å²) in [5.41, 5.74) is 11.0. The van der Waals surface area contributed by atoms with E-state index in [0.29, 0.717) is 12.1 Å². The predicted molar refractivity (Wildman–Crippen MR) is 69.4 cm³/mol. The maximum Gasteiger partial charge on any atom is 2.00 e. The van der Waals surface area contributed by atoms with Gasteiger partial charge in [0.15, 0.2) is 0 Å². The second kappa shape index (κ2) is 18.6. The third-order valence-electron chi connectivity index (χ3n) is 3.34. The average molecular weight is 491 g/mol. The zero-order valence-electron chi connectivity index (χ0n) is 14.7. The molecule has 0 heterocycles. The van der Waals surface area contributed by atoms with Gasteiger partial charge in [-0.3, -0.25) is 0 Å². The minimum atomic E-state index is -4.94. The van der Waals surface area contributed by atoms with Crippen molar-refractivity contribution in [2.24, 2.45) is 11.5 Å². The molecule has 0 aromatic carbocycles. The molecule has 1 aliphatic carbocycles. The van der Waals surface area contributed by atoms with Crippen LogP contribution in [0.3, 0.4) is 0 Å². The summed E-state index contributed by atoms with van der Waals surface area (Å²) in [6.45, 7) is 3.67. The van der Waals surface area contributed by atoms with E-state index in [1.807, 2.05) is 0 Å². The fourth-order valence-corrected chi connectivity index (χ4v) is 2.40. The molecule has 169 valence electrons. The molecule has 1 aliphatic rings. The van der Waals surface area contributed by atoms with Crippen LogP contribution in [0.1, 0.15) is 38.5 Å². The molecule has 2 atom stereocenters. The molecule has 0 aliphatic heterocycles. The van der Waals surface area contributed by atoms with Crippen LogP contribution in [-0.2, 0) is 17.1 Å². The van der Waals surface area contributed by atoms with Crippen molar-refractivity contribution < 1.29 is 74.8 Å². The van der Waals surface area contributed by atoms with Gasteiger partial charge in [0.1, 0.15) is 0 Å². The summed E-state index contributed by atoms with van der Waals surface area (Å²) in [4.78, 5) is 0. The number of halogens is 2. The van der Waals surface area contributed by atoms with Crippen LogP contribution in [0.25, 0.3) is 0 Å². The van der Waals surface area contributed by atoms with E-state index in [4.69, 9.17) is 48.7 Å². The second-order valence-corrected chi connectivity index (χ2v) is 6.96. The van der Waals surface area contributed by atoms with Crippen molar-refractivity contribution in [3.8, 4) is 0 Å². The van der Waals surface area contributed by atoms with Gasteiger partial charge in [-0.15, -0.1) is 20.5 Å². The predicted octanol–water partition coefficient (Wildman–Crippen LogP) is -9.34. The molecule has 0 unspecified atom stereocenters. The van der Waals surface area contributed by atoms with Crippen LogP contribution < -0.4 is 59.4 Å². The van der Waals surface area contributed by atoms with Gasteiger partial charge in [-0.25, -0.2) is 37.3 Å². The fraction of sp³-hybridized carbons (Fsp3) is 1.00. The molecule has 0 saturated heterocycles. The molecule has 0 bridgehead atoms. The summed E-state index contributed by atoms with van der Waals surface area (Å²) < 4.78 is 67.9. The van der Waals surface area contributed by atoms with Crippen molar-refractivity contribution in [3.05, 3.63) is 0 Å². The van der Waals surface area contributed by atoms with Crippen LogP contribution in [0.15, 0.2) is 0 Å². The molecule has 0 aromatic heterocycles. The van der Waals surface area contributed by atoms with E-state index in [0.717, 1.165) is 39.0 Å². The van der Waals surface area contributed by atoms with E-state index in [9.17, 15) is 0 Å². The first-order chi connectivity index (χ1) is 11.9.